The van der Waals surface area contributed by atoms with Gasteiger partial charge in [-0.05, 0) is 55.0 Å². The molecule has 1 heterocycles. The Morgan fingerprint density at radius 3 is 2.76 bits per heavy atom. The molecule has 0 bridgehead atoms. The topological polar surface area (TPSA) is 42.2 Å². The number of carbonyl (C=O) groups excluding carboxylic acids is 1. The summed E-state index contributed by atoms with van der Waals surface area (Å²) in [6.45, 7) is 1.93. The van der Waals surface area contributed by atoms with Gasteiger partial charge >= 0.3 is 0 Å². The van der Waals surface area contributed by atoms with Crippen molar-refractivity contribution < 1.29 is 13.6 Å². The molecule has 1 aromatic heterocycles. The summed E-state index contributed by atoms with van der Waals surface area (Å²) < 4.78 is 18.8. The Morgan fingerprint density at radius 2 is 2.00 bits per heavy atom. The van der Waals surface area contributed by atoms with E-state index in [2.05, 4.69) is 5.32 Å². The van der Waals surface area contributed by atoms with Crippen molar-refractivity contribution in [3.8, 4) is 11.3 Å². The van der Waals surface area contributed by atoms with E-state index in [1.54, 1.807) is 18.2 Å². The summed E-state index contributed by atoms with van der Waals surface area (Å²) in [6.07, 6.45) is 2.88. The zero-order valence-corrected chi connectivity index (χ0v) is 14.2. The van der Waals surface area contributed by atoms with E-state index in [9.17, 15) is 9.18 Å². The highest BCUT2D eigenvalue weighted by atomic mass is 35.5. The van der Waals surface area contributed by atoms with Crippen LogP contribution in [0.2, 0.25) is 5.02 Å². The molecule has 3 rings (SSSR count). The van der Waals surface area contributed by atoms with Crippen LogP contribution in [-0.2, 0) is 4.79 Å². The molecule has 3 aromatic rings. The predicted molar refractivity (Wildman–Crippen MR) is 98.0 cm³/mol. The highest BCUT2D eigenvalue weighted by molar-refractivity contribution is 6.31. The van der Waals surface area contributed by atoms with Crippen molar-refractivity contribution in [3.63, 3.8) is 0 Å². The first kappa shape index (κ1) is 17.0. The number of benzene rings is 2. The maximum atomic E-state index is 13.1. The van der Waals surface area contributed by atoms with Crippen LogP contribution in [0.4, 0.5) is 10.1 Å². The minimum atomic E-state index is -0.408. The van der Waals surface area contributed by atoms with Crippen molar-refractivity contribution in [1.82, 2.24) is 0 Å². The number of carbonyl (C=O) groups is 1. The average molecular weight is 356 g/mol. The molecule has 1 amide bonds. The number of rotatable bonds is 4. The number of hydrogen-bond acceptors (Lipinski definition) is 2. The van der Waals surface area contributed by atoms with Gasteiger partial charge in [-0.15, -0.1) is 0 Å². The molecule has 25 heavy (non-hydrogen) atoms. The lowest BCUT2D eigenvalue weighted by molar-refractivity contribution is -0.111. The van der Waals surface area contributed by atoms with Gasteiger partial charge in [0.2, 0.25) is 5.91 Å². The summed E-state index contributed by atoms with van der Waals surface area (Å²) in [5.74, 6) is 0.407. The first-order valence-corrected chi connectivity index (χ1v) is 8.00. The van der Waals surface area contributed by atoms with Gasteiger partial charge in [-0.25, -0.2) is 4.39 Å². The summed E-state index contributed by atoms with van der Waals surface area (Å²) in [6, 6.07) is 14.9. The van der Waals surface area contributed by atoms with Crippen LogP contribution in [0.1, 0.15) is 11.3 Å². The Kier molecular flexibility index (Phi) is 5.00. The largest absolute Gasteiger partial charge is 0.457 e. The van der Waals surface area contributed by atoms with Crippen LogP contribution in [-0.4, -0.2) is 5.91 Å². The lowest BCUT2D eigenvalue weighted by Crippen LogP contribution is -2.07. The number of hydrogen-bond donors (Lipinski definition) is 1. The van der Waals surface area contributed by atoms with Crippen LogP contribution in [0.5, 0.6) is 0 Å². The van der Waals surface area contributed by atoms with E-state index in [0.717, 1.165) is 11.1 Å². The zero-order chi connectivity index (χ0) is 17.8. The minimum Gasteiger partial charge on any atom is -0.457 e. The van der Waals surface area contributed by atoms with Gasteiger partial charge in [0.25, 0.3) is 0 Å². The lowest BCUT2D eigenvalue weighted by Gasteiger charge is -2.01. The van der Waals surface area contributed by atoms with E-state index in [-0.39, 0.29) is 5.91 Å². The Bertz CT molecular complexity index is 946. The quantitative estimate of drug-likeness (QED) is 0.610. The van der Waals surface area contributed by atoms with Gasteiger partial charge in [0, 0.05) is 22.3 Å². The highest BCUT2D eigenvalue weighted by Crippen LogP contribution is 2.27. The van der Waals surface area contributed by atoms with Crippen LogP contribution >= 0.6 is 11.6 Å². The number of nitrogens with one attached hydrogen (secondary N) is 1. The fourth-order valence-corrected chi connectivity index (χ4v) is 2.43. The number of furan rings is 1. The first-order chi connectivity index (χ1) is 12.0. The normalized spacial score (nSPS) is 11.0. The van der Waals surface area contributed by atoms with Crippen molar-refractivity contribution in [2.24, 2.45) is 0 Å². The molecule has 0 saturated heterocycles. The van der Waals surface area contributed by atoms with Crippen molar-refractivity contribution >= 4 is 29.3 Å². The van der Waals surface area contributed by atoms with Gasteiger partial charge < -0.3 is 9.73 Å². The minimum absolute atomic E-state index is 0.373. The Balaban J connectivity index is 1.69. The standard InChI is InChI=1S/C20H15ClFNO2/c1-13-5-6-14(11-18(13)21)19-9-7-17(25-19)8-10-20(24)23-16-4-2-3-15(22)12-16/h2-12H,1H3,(H,23,24)/b10-8+. The van der Waals surface area contributed by atoms with E-state index >= 15 is 0 Å². The second-order valence-electron chi connectivity index (χ2n) is 5.50. The van der Waals surface area contributed by atoms with Gasteiger partial charge in [-0.3, -0.25) is 4.79 Å². The van der Waals surface area contributed by atoms with Gasteiger partial charge in [-0.1, -0.05) is 29.8 Å². The summed E-state index contributed by atoms with van der Waals surface area (Å²) in [7, 11) is 0. The zero-order valence-electron chi connectivity index (χ0n) is 13.4. The third-order valence-corrected chi connectivity index (χ3v) is 3.98. The fourth-order valence-electron chi connectivity index (χ4n) is 2.25. The maximum Gasteiger partial charge on any atom is 0.248 e. The molecule has 0 spiro atoms. The van der Waals surface area contributed by atoms with E-state index in [1.165, 1.54) is 24.3 Å². The molecule has 0 aliphatic rings. The molecule has 126 valence electrons. The molecule has 2 aromatic carbocycles. The van der Waals surface area contributed by atoms with E-state index in [0.29, 0.717) is 22.2 Å². The van der Waals surface area contributed by atoms with Crippen LogP contribution in [0.25, 0.3) is 17.4 Å². The third-order valence-electron chi connectivity index (χ3n) is 3.57. The molecular formula is C20H15ClFNO2. The number of aryl methyl sites for hydroxylation is 1. The summed E-state index contributed by atoms with van der Waals surface area (Å²) in [4.78, 5) is 11.9. The molecule has 0 saturated carbocycles. The van der Waals surface area contributed by atoms with Gasteiger partial charge in [0.15, 0.2) is 0 Å². The Hall–Kier alpha value is -2.85. The predicted octanol–water partition coefficient (Wildman–Crippen LogP) is 5.70. The second-order valence-corrected chi connectivity index (χ2v) is 5.91. The summed E-state index contributed by atoms with van der Waals surface area (Å²) >= 11 is 6.13. The molecule has 0 unspecified atom stereocenters. The van der Waals surface area contributed by atoms with Gasteiger partial charge in [0.1, 0.15) is 17.3 Å². The highest BCUT2D eigenvalue weighted by Gasteiger charge is 2.06. The van der Waals surface area contributed by atoms with E-state index in [1.807, 2.05) is 31.2 Å². The van der Waals surface area contributed by atoms with Crippen molar-refractivity contribution in [3.05, 3.63) is 82.8 Å². The Morgan fingerprint density at radius 1 is 1.16 bits per heavy atom. The average Bonchev–Trinajstić information content (AvgIpc) is 3.04. The molecule has 0 aliphatic heterocycles. The number of anilines is 1. The third kappa shape index (κ3) is 4.37. The SMILES string of the molecule is Cc1ccc(-c2ccc(/C=C/C(=O)Nc3cccc(F)c3)o2)cc1Cl. The number of amides is 1. The monoisotopic (exact) mass is 355 g/mol. The smallest absolute Gasteiger partial charge is 0.248 e. The molecule has 3 nitrogen and oxygen atoms in total. The molecular weight excluding hydrogens is 341 g/mol. The first-order valence-electron chi connectivity index (χ1n) is 7.62. The van der Waals surface area contributed by atoms with Crippen LogP contribution in [0.15, 0.2) is 65.1 Å². The second kappa shape index (κ2) is 7.36. The lowest BCUT2D eigenvalue weighted by atomic mass is 10.1. The van der Waals surface area contributed by atoms with Crippen LogP contribution in [0, 0.1) is 12.7 Å². The van der Waals surface area contributed by atoms with Crippen molar-refractivity contribution in [2.75, 3.05) is 5.32 Å². The molecule has 0 atom stereocenters. The van der Waals surface area contributed by atoms with Gasteiger partial charge in [-0.2, -0.15) is 0 Å². The Labute approximate surface area is 149 Å². The maximum absolute atomic E-state index is 13.1. The van der Waals surface area contributed by atoms with Gasteiger partial charge in [0.05, 0.1) is 0 Å². The fraction of sp³-hybridized carbons (Fsp3) is 0.0500. The van der Waals surface area contributed by atoms with Crippen molar-refractivity contribution in [2.45, 2.75) is 6.92 Å². The van der Waals surface area contributed by atoms with Crippen LogP contribution < -0.4 is 5.32 Å². The van der Waals surface area contributed by atoms with E-state index < -0.39 is 5.82 Å². The van der Waals surface area contributed by atoms with Crippen LogP contribution in [0.3, 0.4) is 0 Å². The number of halogens is 2. The van der Waals surface area contributed by atoms with E-state index in [4.69, 9.17) is 16.0 Å². The molecule has 0 aliphatic carbocycles. The molecule has 5 heteroatoms. The molecule has 0 radical (unpaired) electrons. The summed E-state index contributed by atoms with van der Waals surface area (Å²) in [5, 5.41) is 3.25. The van der Waals surface area contributed by atoms with Crippen molar-refractivity contribution in [1.29, 1.82) is 0 Å². The molecule has 0 fully saturated rings. The summed E-state index contributed by atoms with van der Waals surface area (Å²) in [5.41, 5.74) is 2.25. The molecule has 1 N–H and O–H groups in total.